The summed E-state index contributed by atoms with van der Waals surface area (Å²) < 4.78 is 16.6. The topological polar surface area (TPSA) is 53.2 Å². The van der Waals surface area contributed by atoms with Crippen molar-refractivity contribution in [2.45, 2.75) is 43.7 Å². The third-order valence-corrected chi connectivity index (χ3v) is 5.87. The van der Waals surface area contributed by atoms with Crippen LogP contribution in [0.1, 0.15) is 36.7 Å². The van der Waals surface area contributed by atoms with Crippen LogP contribution in [0, 0.1) is 5.82 Å². The van der Waals surface area contributed by atoms with Crippen LogP contribution in [0.2, 0.25) is 0 Å². The monoisotopic (exact) mass is 451 g/mol. The zero-order chi connectivity index (χ0) is 23.0. The second kappa shape index (κ2) is 11.2. The van der Waals surface area contributed by atoms with Crippen molar-refractivity contribution in [3.8, 4) is 0 Å². The molecule has 0 aromatic heterocycles. The minimum atomic E-state index is -0.358. The number of hydrogen-bond acceptors (Lipinski definition) is 4. The van der Waals surface area contributed by atoms with Gasteiger partial charge in [-0.05, 0) is 93.2 Å². The molecule has 1 atom stereocenters. The Morgan fingerprint density at radius 1 is 0.938 bits per heavy atom. The van der Waals surface area contributed by atoms with Crippen LogP contribution >= 0.6 is 11.9 Å². The maximum atomic E-state index is 13.2. The summed E-state index contributed by atoms with van der Waals surface area (Å²) in [5.74, 6) is -0.573. The highest BCUT2D eigenvalue weighted by atomic mass is 32.2. The second-order valence-corrected chi connectivity index (χ2v) is 9.61. The Kier molecular flexibility index (Phi) is 8.31. The number of rotatable bonds is 9. The first kappa shape index (κ1) is 23.8. The second-order valence-electron chi connectivity index (χ2n) is 8.73. The largest absolute Gasteiger partial charge is 0.383 e. The fourth-order valence-corrected chi connectivity index (χ4v) is 3.73. The van der Waals surface area contributed by atoms with Gasteiger partial charge in [0.15, 0.2) is 0 Å². The van der Waals surface area contributed by atoms with Gasteiger partial charge in [-0.1, -0.05) is 30.3 Å². The van der Waals surface area contributed by atoms with Gasteiger partial charge in [-0.15, -0.1) is 0 Å². The molecule has 0 saturated carbocycles. The Morgan fingerprint density at radius 2 is 1.59 bits per heavy atom. The summed E-state index contributed by atoms with van der Waals surface area (Å²) in [7, 11) is 0. The van der Waals surface area contributed by atoms with Crippen LogP contribution in [0.4, 0.5) is 10.1 Å². The van der Waals surface area contributed by atoms with Gasteiger partial charge in [-0.25, -0.2) is 4.39 Å². The van der Waals surface area contributed by atoms with E-state index in [0.29, 0.717) is 18.5 Å². The third kappa shape index (κ3) is 8.02. The third-order valence-electron chi connectivity index (χ3n) is 4.65. The van der Waals surface area contributed by atoms with Crippen molar-refractivity contribution in [1.29, 1.82) is 0 Å². The molecule has 1 amide bonds. The van der Waals surface area contributed by atoms with Crippen molar-refractivity contribution >= 4 is 23.5 Å². The lowest BCUT2D eigenvalue weighted by atomic mass is 10.0. The number of nitrogens with one attached hydrogen (secondary N) is 3. The summed E-state index contributed by atoms with van der Waals surface area (Å²) in [6.45, 7) is 6.95. The van der Waals surface area contributed by atoms with Crippen LogP contribution in [-0.4, -0.2) is 24.0 Å². The van der Waals surface area contributed by atoms with E-state index in [1.807, 2.05) is 42.5 Å². The van der Waals surface area contributed by atoms with E-state index < -0.39 is 0 Å². The molecule has 0 radical (unpaired) electrons. The average Bonchev–Trinajstić information content (AvgIpc) is 2.77. The van der Waals surface area contributed by atoms with Gasteiger partial charge < -0.3 is 10.6 Å². The predicted octanol–water partition coefficient (Wildman–Crippen LogP) is 5.67. The number of amides is 1. The molecule has 168 valence electrons. The van der Waals surface area contributed by atoms with Gasteiger partial charge in [0.25, 0.3) is 5.91 Å². The number of carbonyl (C=O) groups excluding carboxylic acids is 1. The molecular formula is C26H30FN3OS. The highest BCUT2D eigenvalue weighted by Gasteiger charge is 2.15. The number of hydrogen-bond donors (Lipinski definition) is 3. The molecule has 6 heteroatoms. The van der Waals surface area contributed by atoms with E-state index in [2.05, 4.69) is 48.3 Å². The number of anilines is 1. The summed E-state index contributed by atoms with van der Waals surface area (Å²) >= 11 is 1.61. The molecule has 3 N–H and O–H groups in total. The van der Waals surface area contributed by atoms with E-state index in [9.17, 15) is 9.18 Å². The Morgan fingerprint density at radius 3 is 2.22 bits per heavy atom. The van der Waals surface area contributed by atoms with Crippen LogP contribution in [-0.2, 0) is 6.42 Å². The lowest BCUT2D eigenvalue weighted by Crippen LogP contribution is -2.41. The standard InChI is InChI=1S/C26H30FN3OS/c1-26(2,3)30-32-24-15-13-22(14-16-24)28-18-23(17-19-7-5-4-6-8-19)29-25(31)20-9-11-21(27)12-10-20/h4-16,23,28,30H,17-18H2,1-3H3,(H,29,31)/t23-/m0/s1. The lowest BCUT2D eigenvalue weighted by Gasteiger charge is -2.21. The minimum Gasteiger partial charge on any atom is -0.383 e. The van der Waals surface area contributed by atoms with Crippen molar-refractivity contribution in [3.63, 3.8) is 0 Å². The van der Waals surface area contributed by atoms with E-state index >= 15 is 0 Å². The highest BCUT2D eigenvalue weighted by molar-refractivity contribution is 7.97. The molecule has 0 aliphatic carbocycles. The first-order chi connectivity index (χ1) is 15.3. The molecule has 0 aliphatic heterocycles. The molecular weight excluding hydrogens is 421 g/mol. The van der Waals surface area contributed by atoms with Gasteiger partial charge in [-0.3, -0.25) is 9.52 Å². The quantitative estimate of drug-likeness (QED) is 0.367. The zero-order valence-electron chi connectivity index (χ0n) is 18.7. The fourth-order valence-electron chi connectivity index (χ4n) is 3.04. The van der Waals surface area contributed by atoms with Crippen molar-refractivity contribution < 1.29 is 9.18 Å². The van der Waals surface area contributed by atoms with Crippen molar-refractivity contribution in [3.05, 3.63) is 95.8 Å². The molecule has 4 nitrogen and oxygen atoms in total. The van der Waals surface area contributed by atoms with Gasteiger partial charge in [0.1, 0.15) is 5.82 Å². The van der Waals surface area contributed by atoms with Gasteiger partial charge in [-0.2, -0.15) is 0 Å². The normalized spacial score (nSPS) is 12.2. The van der Waals surface area contributed by atoms with Crippen LogP contribution in [0.3, 0.4) is 0 Å². The van der Waals surface area contributed by atoms with E-state index in [4.69, 9.17) is 0 Å². The highest BCUT2D eigenvalue weighted by Crippen LogP contribution is 2.20. The van der Waals surface area contributed by atoms with E-state index in [1.54, 1.807) is 11.9 Å². The predicted molar refractivity (Wildman–Crippen MR) is 131 cm³/mol. The Labute approximate surface area is 194 Å². The SMILES string of the molecule is CC(C)(C)NSc1ccc(NC[C@H](Cc2ccccc2)NC(=O)c2ccc(F)cc2)cc1. The molecule has 0 bridgehead atoms. The van der Waals surface area contributed by atoms with Gasteiger partial charge >= 0.3 is 0 Å². The van der Waals surface area contributed by atoms with Crippen molar-refractivity contribution in [2.75, 3.05) is 11.9 Å². The molecule has 3 aromatic carbocycles. The molecule has 0 heterocycles. The van der Waals surface area contributed by atoms with E-state index in [1.165, 1.54) is 24.3 Å². The Balaban J connectivity index is 1.63. The molecule has 0 saturated heterocycles. The lowest BCUT2D eigenvalue weighted by molar-refractivity contribution is 0.0939. The molecule has 32 heavy (non-hydrogen) atoms. The van der Waals surface area contributed by atoms with Crippen LogP contribution < -0.4 is 15.4 Å². The van der Waals surface area contributed by atoms with Crippen molar-refractivity contribution in [2.24, 2.45) is 0 Å². The average molecular weight is 452 g/mol. The minimum absolute atomic E-state index is 0.0367. The van der Waals surface area contributed by atoms with E-state index in [0.717, 1.165) is 16.1 Å². The first-order valence-corrected chi connectivity index (χ1v) is 11.5. The first-order valence-electron chi connectivity index (χ1n) is 10.7. The molecule has 3 rings (SSSR count). The molecule has 0 aliphatic rings. The summed E-state index contributed by atoms with van der Waals surface area (Å²) in [5, 5.41) is 6.51. The van der Waals surface area contributed by atoms with Crippen LogP contribution in [0.5, 0.6) is 0 Å². The van der Waals surface area contributed by atoms with E-state index in [-0.39, 0.29) is 23.3 Å². The Hall–Kier alpha value is -2.83. The van der Waals surface area contributed by atoms with Gasteiger partial charge in [0.05, 0.1) is 6.04 Å². The summed E-state index contributed by atoms with van der Waals surface area (Å²) in [4.78, 5) is 13.8. The number of halogens is 1. The molecule has 0 unspecified atom stereocenters. The number of benzene rings is 3. The summed E-state index contributed by atoms with van der Waals surface area (Å²) in [5.41, 5.74) is 2.60. The maximum Gasteiger partial charge on any atom is 0.251 e. The Bertz CT molecular complexity index is 986. The maximum absolute atomic E-state index is 13.2. The summed E-state index contributed by atoms with van der Waals surface area (Å²) in [6.07, 6.45) is 0.685. The van der Waals surface area contributed by atoms with Crippen LogP contribution in [0.25, 0.3) is 0 Å². The fraction of sp³-hybridized carbons (Fsp3) is 0.269. The zero-order valence-corrected chi connectivity index (χ0v) is 19.5. The van der Waals surface area contributed by atoms with Gasteiger partial charge in [0.2, 0.25) is 0 Å². The number of carbonyl (C=O) groups is 1. The molecule has 0 spiro atoms. The summed E-state index contributed by atoms with van der Waals surface area (Å²) in [6, 6.07) is 23.7. The smallest absolute Gasteiger partial charge is 0.251 e. The molecule has 0 fully saturated rings. The van der Waals surface area contributed by atoms with Gasteiger partial charge in [0, 0.05) is 28.2 Å². The molecule has 3 aromatic rings. The van der Waals surface area contributed by atoms with Crippen LogP contribution in [0.15, 0.2) is 83.8 Å². The van der Waals surface area contributed by atoms with Crippen molar-refractivity contribution in [1.82, 2.24) is 10.0 Å².